The second kappa shape index (κ2) is 8.55. The van der Waals surface area contributed by atoms with E-state index < -0.39 is 0 Å². The molecule has 0 saturated carbocycles. The minimum atomic E-state index is -0.141. The van der Waals surface area contributed by atoms with Crippen LogP contribution in [-0.2, 0) is 4.79 Å². The molecule has 4 rings (SSSR count). The number of fused-ring (bicyclic) bond motifs is 1. The first-order chi connectivity index (χ1) is 14.5. The molecule has 0 aliphatic carbocycles. The molecule has 0 N–H and O–H groups in total. The first kappa shape index (κ1) is 19.9. The van der Waals surface area contributed by atoms with Crippen molar-refractivity contribution in [3.63, 3.8) is 0 Å². The zero-order valence-corrected chi connectivity index (χ0v) is 17.6. The summed E-state index contributed by atoms with van der Waals surface area (Å²) in [6.07, 6.45) is 0. The second-order valence-electron chi connectivity index (χ2n) is 6.97. The molecule has 0 atom stereocenters. The largest absolute Gasteiger partial charge is 0.315 e. The fourth-order valence-electron chi connectivity index (χ4n) is 3.22. The minimum Gasteiger partial charge on any atom is -0.315 e. The van der Waals surface area contributed by atoms with Gasteiger partial charge in [0, 0.05) is 12.7 Å². The molecule has 0 radical (unpaired) electrons. The number of amides is 1. The van der Waals surface area contributed by atoms with Crippen molar-refractivity contribution in [2.75, 3.05) is 17.7 Å². The molecule has 0 saturated heterocycles. The summed E-state index contributed by atoms with van der Waals surface area (Å²) in [6.45, 7) is 1.98. The van der Waals surface area contributed by atoms with Crippen LogP contribution in [0.3, 0.4) is 0 Å². The molecule has 5 nitrogen and oxygen atoms in total. The zero-order valence-electron chi connectivity index (χ0n) is 16.8. The van der Waals surface area contributed by atoms with Crippen molar-refractivity contribution in [3.05, 3.63) is 94.8 Å². The number of anilines is 1. The zero-order chi connectivity index (χ0) is 21.1. The Kier molecular flexibility index (Phi) is 5.68. The molecular weight excluding hydrogens is 394 g/mol. The number of rotatable bonds is 5. The number of aryl methyl sites for hydroxylation is 1. The van der Waals surface area contributed by atoms with E-state index in [4.69, 9.17) is 4.98 Å². The molecule has 3 aromatic carbocycles. The van der Waals surface area contributed by atoms with Crippen molar-refractivity contribution in [1.29, 1.82) is 0 Å². The highest BCUT2D eigenvalue weighted by Crippen LogP contribution is 2.23. The second-order valence-corrected chi connectivity index (χ2v) is 7.91. The topological polar surface area (TPSA) is 55.2 Å². The Hall–Kier alpha value is -3.38. The molecule has 0 unspecified atom stereocenters. The van der Waals surface area contributed by atoms with Gasteiger partial charge in [0.15, 0.2) is 5.16 Å². The molecule has 1 heterocycles. The first-order valence-corrected chi connectivity index (χ1v) is 10.6. The van der Waals surface area contributed by atoms with Gasteiger partial charge in [0.05, 0.1) is 22.3 Å². The fourth-order valence-corrected chi connectivity index (χ4v) is 4.15. The first-order valence-electron chi connectivity index (χ1n) is 9.58. The van der Waals surface area contributed by atoms with E-state index in [0.29, 0.717) is 16.1 Å². The Balaban J connectivity index is 1.72. The van der Waals surface area contributed by atoms with Crippen LogP contribution in [0.1, 0.15) is 5.56 Å². The number of carbonyl (C=O) groups excluding carboxylic acids is 1. The lowest BCUT2D eigenvalue weighted by atomic mass is 10.2. The summed E-state index contributed by atoms with van der Waals surface area (Å²) < 4.78 is 1.59. The van der Waals surface area contributed by atoms with E-state index in [1.165, 1.54) is 11.8 Å². The Labute approximate surface area is 179 Å². The van der Waals surface area contributed by atoms with Crippen LogP contribution in [0.15, 0.2) is 88.8 Å². The Morgan fingerprint density at radius 1 is 1.00 bits per heavy atom. The van der Waals surface area contributed by atoms with E-state index in [2.05, 4.69) is 0 Å². The van der Waals surface area contributed by atoms with Crippen molar-refractivity contribution in [2.24, 2.45) is 0 Å². The monoisotopic (exact) mass is 415 g/mol. The lowest BCUT2D eigenvalue weighted by Crippen LogP contribution is -2.28. The van der Waals surface area contributed by atoms with Gasteiger partial charge in [-0.1, -0.05) is 54.2 Å². The molecule has 1 amide bonds. The molecule has 0 spiro atoms. The van der Waals surface area contributed by atoms with Gasteiger partial charge in [0.2, 0.25) is 5.91 Å². The summed E-state index contributed by atoms with van der Waals surface area (Å²) in [6, 6.07) is 24.5. The summed E-state index contributed by atoms with van der Waals surface area (Å²) >= 11 is 1.27. The summed E-state index contributed by atoms with van der Waals surface area (Å²) in [5.41, 5.74) is 3.09. The van der Waals surface area contributed by atoms with Gasteiger partial charge < -0.3 is 4.90 Å². The maximum Gasteiger partial charge on any atom is 0.266 e. The maximum atomic E-state index is 13.3. The summed E-state index contributed by atoms with van der Waals surface area (Å²) in [7, 11) is 1.75. The third-order valence-corrected chi connectivity index (χ3v) is 5.77. The molecule has 4 aromatic rings. The van der Waals surface area contributed by atoms with E-state index in [1.54, 1.807) is 22.6 Å². The van der Waals surface area contributed by atoms with E-state index in [-0.39, 0.29) is 17.2 Å². The van der Waals surface area contributed by atoms with E-state index in [9.17, 15) is 9.59 Å². The predicted octanol–water partition coefficient (Wildman–Crippen LogP) is 4.45. The normalized spacial score (nSPS) is 10.9. The molecule has 30 heavy (non-hydrogen) atoms. The molecule has 0 bridgehead atoms. The summed E-state index contributed by atoms with van der Waals surface area (Å²) in [5.74, 6) is 0.103. The average Bonchev–Trinajstić information content (AvgIpc) is 2.77. The molecular formula is C24H21N3O2S. The third-order valence-electron chi connectivity index (χ3n) is 4.85. The van der Waals surface area contributed by atoms with Crippen LogP contribution in [0.2, 0.25) is 0 Å². The van der Waals surface area contributed by atoms with Crippen LogP contribution in [0, 0.1) is 6.92 Å². The number of benzene rings is 3. The van der Waals surface area contributed by atoms with Crippen molar-refractivity contribution in [2.45, 2.75) is 12.1 Å². The van der Waals surface area contributed by atoms with Crippen LogP contribution in [0.4, 0.5) is 5.69 Å². The molecule has 0 aliphatic heterocycles. The van der Waals surface area contributed by atoms with Crippen molar-refractivity contribution in [1.82, 2.24) is 9.55 Å². The third kappa shape index (κ3) is 4.00. The van der Waals surface area contributed by atoms with Crippen LogP contribution < -0.4 is 10.5 Å². The minimum absolute atomic E-state index is 0.0654. The van der Waals surface area contributed by atoms with Crippen molar-refractivity contribution in [3.8, 4) is 5.69 Å². The van der Waals surface area contributed by atoms with Crippen LogP contribution in [0.25, 0.3) is 16.6 Å². The number of hydrogen-bond acceptors (Lipinski definition) is 4. The van der Waals surface area contributed by atoms with Crippen LogP contribution >= 0.6 is 11.8 Å². The van der Waals surface area contributed by atoms with Crippen LogP contribution in [-0.4, -0.2) is 28.3 Å². The molecule has 6 heteroatoms. The molecule has 0 aliphatic rings. The smallest absolute Gasteiger partial charge is 0.266 e. The Morgan fingerprint density at radius 3 is 2.50 bits per heavy atom. The highest BCUT2D eigenvalue weighted by molar-refractivity contribution is 7.99. The number of hydrogen-bond donors (Lipinski definition) is 0. The number of nitrogens with zero attached hydrogens (tertiary/aromatic N) is 3. The van der Waals surface area contributed by atoms with Gasteiger partial charge in [-0.05, 0) is 48.9 Å². The Morgan fingerprint density at radius 2 is 1.73 bits per heavy atom. The standard InChI is InChI=1S/C24H21N3O2S/c1-17-9-8-12-19(15-17)27-23(29)20-13-6-7-14-21(20)25-24(27)30-16-22(28)26(2)18-10-4-3-5-11-18/h3-15H,16H2,1-2H3. The average molecular weight is 416 g/mol. The molecule has 150 valence electrons. The van der Waals surface area contributed by atoms with Gasteiger partial charge in [-0.25, -0.2) is 4.98 Å². The van der Waals surface area contributed by atoms with Gasteiger partial charge in [-0.3, -0.25) is 14.2 Å². The fraction of sp³-hybridized carbons (Fsp3) is 0.125. The van der Waals surface area contributed by atoms with E-state index in [1.807, 2.05) is 79.7 Å². The Bertz CT molecular complexity index is 1270. The highest BCUT2D eigenvalue weighted by atomic mass is 32.2. The van der Waals surface area contributed by atoms with Crippen LogP contribution in [0.5, 0.6) is 0 Å². The summed E-state index contributed by atoms with van der Waals surface area (Å²) in [5, 5.41) is 1.05. The molecule has 1 aromatic heterocycles. The van der Waals surface area contributed by atoms with E-state index >= 15 is 0 Å². The molecule has 0 fully saturated rings. The number of para-hydroxylation sites is 2. The SMILES string of the molecule is Cc1cccc(-n2c(SCC(=O)N(C)c3ccccc3)nc3ccccc3c2=O)c1. The van der Waals surface area contributed by atoms with Gasteiger partial charge in [0.1, 0.15) is 0 Å². The van der Waals surface area contributed by atoms with Gasteiger partial charge >= 0.3 is 0 Å². The summed E-state index contributed by atoms with van der Waals surface area (Å²) in [4.78, 5) is 32.3. The predicted molar refractivity (Wildman–Crippen MR) is 123 cm³/mol. The lowest BCUT2D eigenvalue weighted by molar-refractivity contribution is -0.115. The van der Waals surface area contributed by atoms with Gasteiger partial charge in [-0.2, -0.15) is 0 Å². The number of thioether (sulfide) groups is 1. The van der Waals surface area contributed by atoms with Crippen molar-refractivity contribution >= 4 is 34.3 Å². The van der Waals surface area contributed by atoms with Gasteiger partial charge in [-0.15, -0.1) is 0 Å². The number of carbonyl (C=O) groups is 1. The number of aromatic nitrogens is 2. The quantitative estimate of drug-likeness (QED) is 0.357. The lowest BCUT2D eigenvalue weighted by Gasteiger charge is -2.18. The van der Waals surface area contributed by atoms with Gasteiger partial charge in [0.25, 0.3) is 5.56 Å². The van der Waals surface area contributed by atoms with Crippen molar-refractivity contribution < 1.29 is 4.79 Å². The maximum absolute atomic E-state index is 13.3. The van der Waals surface area contributed by atoms with E-state index in [0.717, 1.165) is 16.9 Å². The highest BCUT2D eigenvalue weighted by Gasteiger charge is 2.17.